The smallest absolute Gasteiger partial charge is 0.223 e. The number of aryl methyl sites for hydroxylation is 2. The summed E-state index contributed by atoms with van der Waals surface area (Å²) < 4.78 is 5.17. The lowest BCUT2D eigenvalue weighted by Crippen LogP contribution is -2.43. The number of likely N-dealkylation sites (tertiary alicyclic amines) is 1. The first-order valence-electron chi connectivity index (χ1n) is 7.65. The van der Waals surface area contributed by atoms with Crippen LogP contribution < -0.4 is 5.73 Å². The second-order valence-corrected chi connectivity index (χ2v) is 6.00. The lowest BCUT2D eigenvalue weighted by atomic mass is 9.93. The van der Waals surface area contributed by atoms with Gasteiger partial charge in [-0.05, 0) is 32.3 Å². The molecule has 2 rings (SSSR count). The maximum Gasteiger partial charge on any atom is 0.223 e. The van der Waals surface area contributed by atoms with Gasteiger partial charge in [0.05, 0.1) is 12.6 Å². The molecule has 0 radical (unpaired) electrons. The zero-order chi connectivity index (χ0) is 15.4. The van der Waals surface area contributed by atoms with E-state index in [4.69, 9.17) is 10.5 Å². The van der Waals surface area contributed by atoms with Crippen molar-refractivity contribution < 1.29 is 9.53 Å². The molecule has 1 fully saturated rings. The Bertz CT molecular complexity index is 481. The van der Waals surface area contributed by atoms with Crippen molar-refractivity contribution in [3.8, 4) is 0 Å². The number of hydrogen-bond donors (Lipinski definition) is 1. The van der Waals surface area contributed by atoms with Crippen molar-refractivity contribution in [1.82, 2.24) is 4.90 Å². The van der Waals surface area contributed by atoms with E-state index in [9.17, 15) is 4.79 Å². The number of rotatable bonds is 4. The van der Waals surface area contributed by atoms with Gasteiger partial charge in [0.1, 0.15) is 0 Å². The summed E-state index contributed by atoms with van der Waals surface area (Å²) in [5, 5.41) is 0. The van der Waals surface area contributed by atoms with Crippen LogP contribution in [0.5, 0.6) is 0 Å². The van der Waals surface area contributed by atoms with E-state index >= 15 is 0 Å². The van der Waals surface area contributed by atoms with Crippen LogP contribution in [0.3, 0.4) is 0 Å². The lowest BCUT2D eigenvalue weighted by Gasteiger charge is -2.34. The van der Waals surface area contributed by atoms with Crippen molar-refractivity contribution in [2.45, 2.75) is 45.2 Å². The molecule has 0 spiro atoms. The van der Waals surface area contributed by atoms with Crippen LogP contribution in [0.4, 0.5) is 0 Å². The molecule has 2 atom stereocenters. The first-order chi connectivity index (χ1) is 10.0. The largest absolute Gasteiger partial charge is 0.383 e. The summed E-state index contributed by atoms with van der Waals surface area (Å²) in [6, 6.07) is 6.38. The van der Waals surface area contributed by atoms with Crippen LogP contribution in [-0.2, 0) is 9.53 Å². The van der Waals surface area contributed by atoms with E-state index < -0.39 is 0 Å². The summed E-state index contributed by atoms with van der Waals surface area (Å²) in [6.07, 6.45) is 2.33. The summed E-state index contributed by atoms with van der Waals surface area (Å²) in [5.41, 5.74) is 9.96. The Morgan fingerprint density at radius 3 is 2.57 bits per heavy atom. The summed E-state index contributed by atoms with van der Waals surface area (Å²) in [5.74, 6) is 0.184. The van der Waals surface area contributed by atoms with Gasteiger partial charge in [-0.3, -0.25) is 4.79 Å². The van der Waals surface area contributed by atoms with Gasteiger partial charge in [0, 0.05) is 26.1 Å². The number of nitrogens with two attached hydrogens (primary N) is 1. The highest BCUT2D eigenvalue weighted by Crippen LogP contribution is 2.31. The summed E-state index contributed by atoms with van der Waals surface area (Å²) in [7, 11) is 1.66. The SMILES string of the molecule is COCCN1C(=O)CCCC(N)C1c1cc(C)cc(C)c1. The Kier molecular flexibility index (Phi) is 5.37. The number of carbonyl (C=O) groups is 1. The van der Waals surface area contributed by atoms with Gasteiger partial charge in [0.15, 0.2) is 0 Å². The van der Waals surface area contributed by atoms with Gasteiger partial charge in [-0.25, -0.2) is 0 Å². The molecule has 0 aromatic heterocycles. The second-order valence-electron chi connectivity index (χ2n) is 6.00. The topological polar surface area (TPSA) is 55.6 Å². The molecule has 116 valence electrons. The quantitative estimate of drug-likeness (QED) is 0.926. The van der Waals surface area contributed by atoms with Gasteiger partial charge < -0.3 is 15.4 Å². The number of carbonyl (C=O) groups excluding carboxylic acids is 1. The number of benzene rings is 1. The average molecular weight is 290 g/mol. The van der Waals surface area contributed by atoms with E-state index in [0.29, 0.717) is 19.6 Å². The molecule has 0 aliphatic carbocycles. The van der Waals surface area contributed by atoms with Crippen LogP contribution in [0.1, 0.15) is 42.0 Å². The second kappa shape index (κ2) is 7.05. The van der Waals surface area contributed by atoms with Crippen LogP contribution in [0, 0.1) is 13.8 Å². The molecule has 1 aromatic rings. The van der Waals surface area contributed by atoms with Crippen molar-refractivity contribution in [3.63, 3.8) is 0 Å². The molecule has 2 N–H and O–H groups in total. The van der Waals surface area contributed by atoms with Crippen LogP contribution in [0.25, 0.3) is 0 Å². The Morgan fingerprint density at radius 1 is 1.29 bits per heavy atom. The van der Waals surface area contributed by atoms with E-state index in [1.54, 1.807) is 7.11 Å². The first kappa shape index (κ1) is 16.0. The predicted molar refractivity (Wildman–Crippen MR) is 84.1 cm³/mol. The zero-order valence-electron chi connectivity index (χ0n) is 13.3. The van der Waals surface area contributed by atoms with Gasteiger partial charge in [-0.1, -0.05) is 29.3 Å². The predicted octanol–water partition coefficient (Wildman–Crippen LogP) is 2.33. The highest BCUT2D eigenvalue weighted by atomic mass is 16.5. The molecule has 1 aromatic carbocycles. The fraction of sp³-hybridized carbons (Fsp3) is 0.588. The number of nitrogens with zero attached hydrogens (tertiary/aromatic N) is 1. The Balaban J connectivity index is 2.38. The number of amides is 1. The van der Waals surface area contributed by atoms with Crippen molar-refractivity contribution >= 4 is 5.91 Å². The van der Waals surface area contributed by atoms with Crippen LogP contribution in [0.2, 0.25) is 0 Å². The third-order valence-electron chi connectivity index (χ3n) is 4.11. The molecule has 4 nitrogen and oxygen atoms in total. The normalized spacial score (nSPS) is 23.2. The van der Waals surface area contributed by atoms with E-state index in [0.717, 1.165) is 18.4 Å². The fourth-order valence-electron chi connectivity index (χ4n) is 3.24. The minimum absolute atomic E-state index is 0.0190. The van der Waals surface area contributed by atoms with Crippen molar-refractivity contribution in [2.24, 2.45) is 5.73 Å². The number of hydrogen-bond acceptors (Lipinski definition) is 3. The molecule has 0 saturated carbocycles. The molecular formula is C17H26N2O2. The molecule has 4 heteroatoms. The molecule has 2 unspecified atom stereocenters. The average Bonchev–Trinajstić information content (AvgIpc) is 2.54. The minimum atomic E-state index is -0.0475. The van der Waals surface area contributed by atoms with E-state index in [-0.39, 0.29) is 18.0 Å². The zero-order valence-corrected chi connectivity index (χ0v) is 13.3. The Labute approximate surface area is 127 Å². The van der Waals surface area contributed by atoms with Crippen molar-refractivity contribution in [2.75, 3.05) is 20.3 Å². The standard InChI is InChI=1S/C17H26N2O2/c1-12-9-13(2)11-14(10-12)17-15(18)5-4-6-16(20)19(17)7-8-21-3/h9-11,15,17H,4-8,18H2,1-3H3. The molecule has 1 aliphatic rings. The summed E-state index contributed by atoms with van der Waals surface area (Å²) >= 11 is 0. The van der Waals surface area contributed by atoms with Crippen LogP contribution in [0.15, 0.2) is 18.2 Å². The molecule has 1 amide bonds. The maximum atomic E-state index is 12.4. The first-order valence-corrected chi connectivity index (χ1v) is 7.65. The van der Waals surface area contributed by atoms with E-state index in [2.05, 4.69) is 32.0 Å². The molecule has 1 heterocycles. The fourth-order valence-corrected chi connectivity index (χ4v) is 3.24. The highest BCUT2D eigenvalue weighted by molar-refractivity contribution is 5.77. The molecular weight excluding hydrogens is 264 g/mol. The van der Waals surface area contributed by atoms with Gasteiger partial charge in [-0.2, -0.15) is 0 Å². The summed E-state index contributed by atoms with van der Waals surface area (Å²) in [4.78, 5) is 14.3. The van der Waals surface area contributed by atoms with E-state index in [1.807, 2.05) is 4.90 Å². The van der Waals surface area contributed by atoms with Crippen LogP contribution >= 0.6 is 0 Å². The van der Waals surface area contributed by atoms with Gasteiger partial charge in [0.2, 0.25) is 5.91 Å². The van der Waals surface area contributed by atoms with Gasteiger partial charge in [-0.15, -0.1) is 0 Å². The van der Waals surface area contributed by atoms with Crippen molar-refractivity contribution in [1.29, 1.82) is 0 Å². The third kappa shape index (κ3) is 3.83. The molecule has 0 bridgehead atoms. The van der Waals surface area contributed by atoms with E-state index in [1.165, 1.54) is 11.1 Å². The number of methoxy groups -OCH3 is 1. The molecule has 1 saturated heterocycles. The van der Waals surface area contributed by atoms with Gasteiger partial charge >= 0.3 is 0 Å². The van der Waals surface area contributed by atoms with Crippen molar-refractivity contribution in [3.05, 3.63) is 34.9 Å². The van der Waals surface area contributed by atoms with Gasteiger partial charge in [0.25, 0.3) is 0 Å². The Hall–Kier alpha value is -1.39. The monoisotopic (exact) mass is 290 g/mol. The minimum Gasteiger partial charge on any atom is -0.383 e. The lowest BCUT2D eigenvalue weighted by molar-refractivity contribution is -0.134. The number of ether oxygens (including phenoxy) is 1. The molecule has 1 aliphatic heterocycles. The van der Waals surface area contributed by atoms with Crippen LogP contribution in [-0.4, -0.2) is 37.1 Å². The molecule has 21 heavy (non-hydrogen) atoms. The third-order valence-corrected chi connectivity index (χ3v) is 4.11. The highest BCUT2D eigenvalue weighted by Gasteiger charge is 2.32. The Morgan fingerprint density at radius 2 is 1.95 bits per heavy atom. The summed E-state index contributed by atoms with van der Waals surface area (Å²) in [6.45, 7) is 5.31. The maximum absolute atomic E-state index is 12.4.